The predicted octanol–water partition coefficient (Wildman–Crippen LogP) is 2.13. The summed E-state index contributed by atoms with van der Waals surface area (Å²) in [6.45, 7) is 4.19. The zero-order valence-corrected chi connectivity index (χ0v) is 16.2. The second-order valence-corrected chi connectivity index (χ2v) is 9.23. The molecule has 3 aliphatic rings. The maximum Gasteiger partial charge on any atom is 0.261 e. The number of amides is 1. The Balaban J connectivity index is 1.31. The molecule has 3 aliphatic heterocycles. The number of fused-ring (bicyclic) bond motifs is 3. The van der Waals surface area contributed by atoms with Gasteiger partial charge in [0.2, 0.25) is 0 Å². The molecule has 2 aromatic rings. The molecule has 2 N–H and O–H groups in total. The molecule has 1 saturated heterocycles. The molecule has 8 heteroatoms. The van der Waals surface area contributed by atoms with Crippen LogP contribution in [0.25, 0.3) is 0 Å². The quantitative estimate of drug-likeness (QED) is 0.840. The zero-order valence-electron chi connectivity index (χ0n) is 14.5. The van der Waals surface area contributed by atoms with Crippen LogP contribution in [0, 0.1) is 0 Å². The van der Waals surface area contributed by atoms with Gasteiger partial charge in [0.25, 0.3) is 5.91 Å². The summed E-state index contributed by atoms with van der Waals surface area (Å²) in [5.74, 6) is 1.09. The highest BCUT2D eigenvalue weighted by Gasteiger charge is 2.40. The number of carbonyl (C=O) groups excluding carboxylic acids is 1. The van der Waals surface area contributed by atoms with Crippen LogP contribution in [0.5, 0.6) is 0 Å². The van der Waals surface area contributed by atoms with Gasteiger partial charge in [-0.25, -0.2) is 4.98 Å². The van der Waals surface area contributed by atoms with E-state index in [9.17, 15) is 4.79 Å². The second-order valence-electron chi connectivity index (χ2n) is 7.03. The van der Waals surface area contributed by atoms with Crippen molar-refractivity contribution in [3.63, 3.8) is 0 Å². The van der Waals surface area contributed by atoms with E-state index in [1.807, 2.05) is 6.20 Å². The van der Waals surface area contributed by atoms with Crippen molar-refractivity contribution in [2.75, 3.05) is 25.4 Å². The fourth-order valence-corrected chi connectivity index (χ4v) is 6.19. The van der Waals surface area contributed by atoms with Crippen molar-refractivity contribution in [1.29, 1.82) is 0 Å². The van der Waals surface area contributed by atoms with E-state index in [1.165, 1.54) is 10.4 Å². The van der Waals surface area contributed by atoms with Crippen LogP contribution < -0.4 is 10.6 Å². The second kappa shape index (κ2) is 6.67. The van der Waals surface area contributed by atoms with Crippen LogP contribution >= 0.6 is 23.1 Å². The molecule has 0 atom stereocenters. The number of hydrogen-bond donors (Lipinski definition) is 2. The van der Waals surface area contributed by atoms with Gasteiger partial charge in [-0.15, -0.1) is 11.3 Å². The summed E-state index contributed by atoms with van der Waals surface area (Å²) in [6, 6.07) is 2.07. The van der Waals surface area contributed by atoms with Crippen molar-refractivity contribution < 1.29 is 9.53 Å². The van der Waals surface area contributed by atoms with Gasteiger partial charge in [-0.05, 0) is 37.6 Å². The number of nitrogens with one attached hydrogen (secondary N) is 2. The van der Waals surface area contributed by atoms with Gasteiger partial charge in [-0.1, -0.05) is 11.8 Å². The van der Waals surface area contributed by atoms with E-state index in [2.05, 4.69) is 26.3 Å². The molecule has 26 heavy (non-hydrogen) atoms. The van der Waals surface area contributed by atoms with E-state index in [0.717, 1.165) is 67.0 Å². The Morgan fingerprint density at radius 2 is 2.31 bits per heavy atom. The summed E-state index contributed by atoms with van der Waals surface area (Å²) >= 11 is 3.40. The number of aromatic nitrogens is 2. The Hall–Kier alpha value is -1.35. The minimum absolute atomic E-state index is 0.00528. The van der Waals surface area contributed by atoms with Crippen LogP contribution in [0.4, 0.5) is 0 Å². The molecule has 5 heterocycles. The topological polar surface area (TPSA) is 68.2 Å². The maximum absolute atomic E-state index is 12.7. The van der Waals surface area contributed by atoms with Gasteiger partial charge in [0.1, 0.15) is 0 Å². The highest BCUT2D eigenvalue weighted by molar-refractivity contribution is 7.99. The largest absolute Gasteiger partial charge is 0.370 e. The number of carbonyl (C=O) groups is 1. The number of piperidine rings is 1. The molecular formula is C18H22N4O2S2. The summed E-state index contributed by atoms with van der Waals surface area (Å²) in [5.41, 5.74) is 1.99. The van der Waals surface area contributed by atoms with Crippen LogP contribution in [0.3, 0.4) is 0 Å². The van der Waals surface area contributed by atoms with Gasteiger partial charge in [0.05, 0.1) is 29.3 Å². The van der Waals surface area contributed by atoms with Crippen molar-refractivity contribution >= 4 is 29.0 Å². The SMILES string of the molecule is O=C(NCc1cn2c(n1)SCC2)c1cc2c(s1)CCOC21CCNCC1. The van der Waals surface area contributed by atoms with Crippen LogP contribution in [0.1, 0.15) is 38.6 Å². The van der Waals surface area contributed by atoms with Gasteiger partial charge in [-0.3, -0.25) is 4.79 Å². The van der Waals surface area contributed by atoms with Crippen molar-refractivity contribution in [3.05, 3.63) is 33.3 Å². The lowest BCUT2D eigenvalue weighted by atomic mass is 9.83. The number of ether oxygens (including phenoxy) is 1. The lowest BCUT2D eigenvalue weighted by Crippen LogP contribution is -2.44. The molecule has 0 radical (unpaired) electrons. The maximum atomic E-state index is 12.7. The molecule has 6 nitrogen and oxygen atoms in total. The summed E-state index contributed by atoms with van der Waals surface area (Å²) in [6.07, 6.45) is 4.92. The molecule has 5 rings (SSSR count). The molecule has 0 aromatic carbocycles. The molecule has 0 aliphatic carbocycles. The normalized spacial score (nSPS) is 20.8. The number of imidazole rings is 1. The molecule has 1 fully saturated rings. The Bertz CT molecular complexity index is 817. The van der Waals surface area contributed by atoms with Crippen LogP contribution in [0.15, 0.2) is 17.4 Å². The highest BCUT2D eigenvalue weighted by atomic mass is 32.2. The number of thiophene rings is 1. The first-order valence-electron chi connectivity index (χ1n) is 9.18. The Morgan fingerprint density at radius 3 is 3.15 bits per heavy atom. The monoisotopic (exact) mass is 390 g/mol. The standard InChI is InChI=1S/C18H22N4O2S2/c23-16(20-10-12-11-22-6-8-25-17(22)21-12)15-9-13-14(26-15)1-7-24-18(13)2-4-19-5-3-18/h9,11,19H,1-8,10H2,(H,20,23). The number of thioether (sulfide) groups is 1. The molecule has 0 saturated carbocycles. The van der Waals surface area contributed by atoms with Crippen LogP contribution in [-0.4, -0.2) is 40.9 Å². The van der Waals surface area contributed by atoms with Crippen molar-refractivity contribution in [3.8, 4) is 0 Å². The third-order valence-corrected chi connectivity index (χ3v) is 7.59. The fourth-order valence-electron chi connectivity index (χ4n) is 4.08. The third-order valence-electron chi connectivity index (χ3n) is 5.43. The van der Waals surface area contributed by atoms with Crippen LogP contribution in [-0.2, 0) is 29.8 Å². The van der Waals surface area contributed by atoms with Gasteiger partial charge < -0.3 is 19.9 Å². The van der Waals surface area contributed by atoms with Gasteiger partial charge in [0, 0.05) is 29.8 Å². The lowest BCUT2D eigenvalue weighted by molar-refractivity contribution is -0.0792. The lowest BCUT2D eigenvalue weighted by Gasteiger charge is -2.40. The first-order chi connectivity index (χ1) is 12.7. The van der Waals surface area contributed by atoms with E-state index in [4.69, 9.17) is 4.74 Å². The van der Waals surface area contributed by atoms with Gasteiger partial charge >= 0.3 is 0 Å². The van der Waals surface area contributed by atoms with Crippen molar-refractivity contribution in [1.82, 2.24) is 20.2 Å². The average molecular weight is 391 g/mol. The minimum atomic E-state index is -0.185. The molecule has 1 amide bonds. The van der Waals surface area contributed by atoms with Crippen LogP contribution in [0.2, 0.25) is 0 Å². The first-order valence-corrected chi connectivity index (χ1v) is 11.0. The minimum Gasteiger partial charge on any atom is -0.370 e. The van der Waals surface area contributed by atoms with Gasteiger partial charge in [-0.2, -0.15) is 0 Å². The molecular weight excluding hydrogens is 368 g/mol. The zero-order chi connectivity index (χ0) is 17.6. The molecule has 138 valence electrons. The molecule has 0 unspecified atom stereocenters. The van der Waals surface area contributed by atoms with E-state index >= 15 is 0 Å². The Kier molecular flexibility index (Phi) is 4.31. The van der Waals surface area contributed by atoms with E-state index in [1.54, 1.807) is 23.1 Å². The average Bonchev–Trinajstić information content (AvgIpc) is 3.35. The van der Waals surface area contributed by atoms with Gasteiger partial charge in [0.15, 0.2) is 5.16 Å². The highest BCUT2D eigenvalue weighted by Crippen LogP contribution is 2.43. The number of aryl methyl sites for hydroxylation is 1. The summed E-state index contributed by atoms with van der Waals surface area (Å²) in [4.78, 5) is 19.4. The molecule has 0 bridgehead atoms. The summed E-state index contributed by atoms with van der Waals surface area (Å²) in [5, 5.41) is 7.50. The summed E-state index contributed by atoms with van der Waals surface area (Å²) in [7, 11) is 0. The Labute approximate surface area is 160 Å². The number of rotatable bonds is 3. The summed E-state index contributed by atoms with van der Waals surface area (Å²) < 4.78 is 8.37. The molecule has 1 spiro atoms. The smallest absolute Gasteiger partial charge is 0.261 e. The number of hydrogen-bond acceptors (Lipinski definition) is 6. The molecule has 2 aromatic heterocycles. The van der Waals surface area contributed by atoms with Crippen molar-refractivity contribution in [2.45, 2.75) is 43.1 Å². The van der Waals surface area contributed by atoms with E-state index in [-0.39, 0.29) is 11.5 Å². The van der Waals surface area contributed by atoms with E-state index < -0.39 is 0 Å². The number of nitrogens with zero attached hydrogens (tertiary/aromatic N) is 2. The predicted molar refractivity (Wildman–Crippen MR) is 102 cm³/mol. The van der Waals surface area contributed by atoms with E-state index in [0.29, 0.717) is 6.54 Å². The third kappa shape index (κ3) is 2.89. The van der Waals surface area contributed by atoms with Crippen molar-refractivity contribution in [2.24, 2.45) is 0 Å². The first kappa shape index (κ1) is 16.8. The Morgan fingerprint density at radius 1 is 1.42 bits per heavy atom. The fraction of sp³-hybridized carbons (Fsp3) is 0.556.